The number of cyclic esters (lactones) is 1. The van der Waals surface area contributed by atoms with Crippen molar-refractivity contribution in [3.63, 3.8) is 0 Å². The molecule has 1 heterocycles. The Morgan fingerprint density at radius 1 is 1.10 bits per heavy atom. The van der Waals surface area contributed by atoms with Gasteiger partial charge in [-0.05, 0) is 11.6 Å². The second-order valence-corrected chi connectivity index (χ2v) is 4.90. The lowest BCUT2D eigenvalue weighted by Gasteiger charge is -2.10. The average Bonchev–Trinajstić information content (AvgIpc) is 2.84. The first-order chi connectivity index (χ1) is 10.3. The van der Waals surface area contributed by atoms with E-state index in [9.17, 15) is 4.79 Å². The van der Waals surface area contributed by atoms with Gasteiger partial charge in [0.2, 0.25) is 0 Å². The third-order valence-corrected chi connectivity index (χ3v) is 3.49. The largest absolute Gasteiger partial charge is 0.488 e. The van der Waals surface area contributed by atoms with E-state index in [1.807, 2.05) is 42.5 Å². The standard InChI is InChI=1S/C17H16O4/c18-10-9-14-13-7-4-8-15(16(13)17(19)21-14)20-11-12-5-2-1-3-6-12/h1-8,14,18H,9-11H2. The van der Waals surface area contributed by atoms with Crippen molar-refractivity contribution in [3.8, 4) is 5.75 Å². The van der Waals surface area contributed by atoms with Gasteiger partial charge in [-0.25, -0.2) is 4.79 Å². The highest BCUT2D eigenvalue weighted by Crippen LogP contribution is 2.38. The molecule has 2 aromatic carbocycles. The summed E-state index contributed by atoms with van der Waals surface area (Å²) in [5, 5.41) is 9.04. The zero-order chi connectivity index (χ0) is 14.7. The van der Waals surface area contributed by atoms with Crippen molar-refractivity contribution in [1.29, 1.82) is 0 Å². The molecule has 1 N–H and O–H groups in total. The molecule has 1 aliphatic heterocycles. The van der Waals surface area contributed by atoms with Gasteiger partial charge in [-0.3, -0.25) is 0 Å². The summed E-state index contributed by atoms with van der Waals surface area (Å²) in [6.07, 6.45) is 0.0266. The third-order valence-electron chi connectivity index (χ3n) is 3.49. The summed E-state index contributed by atoms with van der Waals surface area (Å²) in [4.78, 5) is 12.0. The molecular formula is C17H16O4. The Morgan fingerprint density at radius 2 is 1.90 bits per heavy atom. The molecule has 108 valence electrons. The number of carbonyl (C=O) groups is 1. The fraction of sp³-hybridized carbons (Fsp3) is 0.235. The van der Waals surface area contributed by atoms with Gasteiger partial charge in [0, 0.05) is 18.6 Å². The first kappa shape index (κ1) is 13.6. The van der Waals surface area contributed by atoms with Gasteiger partial charge < -0.3 is 14.6 Å². The molecule has 4 heteroatoms. The summed E-state index contributed by atoms with van der Waals surface area (Å²) >= 11 is 0. The molecule has 4 nitrogen and oxygen atoms in total. The number of rotatable bonds is 5. The van der Waals surface area contributed by atoms with Crippen molar-refractivity contribution >= 4 is 5.97 Å². The third kappa shape index (κ3) is 2.76. The van der Waals surface area contributed by atoms with Gasteiger partial charge in [0.05, 0.1) is 0 Å². The molecule has 2 aromatic rings. The fourth-order valence-electron chi connectivity index (χ4n) is 2.47. The summed E-state index contributed by atoms with van der Waals surface area (Å²) < 4.78 is 11.1. The number of hydrogen-bond donors (Lipinski definition) is 1. The molecule has 0 fully saturated rings. The number of aliphatic hydroxyl groups is 1. The normalized spacial score (nSPS) is 16.4. The monoisotopic (exact) mass is 284 g/mol. The highest BCUT2D eigenvalue weighted by molar-refractivity contribution is 5.97. The second kappa shape index (κ2) is 5.97. The van der Waals surface area contributed by atoms with Crippen LogP contribution in [0.3, 0.4) is 0 Å². The van der Waals surface area contributed by atoms with Crippen LogP contribution in [-0.4, -0.2) is 17.7 Å². The van der Waals surface area contributed by atoms with Crippen LogP contribution in [-0.2, 0) is 11.3 Å². The molecule has 0 amide bonds. The molecular weight excluding hydrogens is 268 g/mol. The van der Waals surface area contributed by atoms with Crippen LogP contribution < -0.4 is 4.74 Å². The lowest BCUT2D eigenvalue weighted by atomic mass is 10.0. The van der Waals surface area contributed by atoms with Crippen LogP contribution in [0.2, 0.25) is 0 Å². The first-order valence-corrected chi connectivity index (χ1v) is 6.91. The zero-order valence-corrected chi connectivity index (χ0v) is 11.5. The van der Waals surface area contributed by atoms with E-state index in [0.29, 0.717) is 24.3 Å². The molecule has 3 rings (SSSR count). The molecule has 0 bridgehead atoms. The Balaban J connectivity index is 1.83. The smallest absolute Gasteiger partial charge is 0.342 e. The number of benzene rings is 2. The maximum atomic E-state index is 12.0. The Kier molecular flexibility index (Phi) is 3.88. The van der Waals surface area contributed by atoms with Crippen LogP contribution in [0.15, 0.2) is 48.5 Å². The van der Waals surface area contributed by atoms with E-state index in [4.69, 9.17) is 14.6 Å². The van der Waals surface area contributed by atoms with Crippen LogP contribution in [0.1, 0.15) is 34.0 Å². The fourth-order valence-corrected chi connectivity index (χ4v) is 2.47. The summed E-state index contributed by atoms with van der Waals surface area (Å²) in [7, 11) is 0. The van der Waals surface area contributed by atoms with Gasteiger partial charge in [0.25, 0.3) is 0 Å². The van der Waals surface area contributed by atoms with Crippen molar-refractivity contribution in [2.75, 3.05) is 6.61 Å². The lowest BCUT2D eigenvalue weighted by molar-refractivity contribution is 0.0330. The molecule has 0 spiro atoms. The topological polar surface area (TPSA) is 55.8 Å². The SMILES string of the molecule is O=C1OC(CCO)c2cccc(OCc3ccccc3)c21. The van der Waals surface area contributed by atoms with Crippen molar-refractivity contribution in [3.05, 3.63) is 65.2 Å². The summed E-state index contributed by atoms with van der Waals surface area (Å²) in [6, 6.07) is 15.2. The maximum Gasteiger partial charge on any atom is 0.342 e. The van der Waals surface area contributed by atoms with E-state index < -0.39 is 0 Å². The van der Waals surface area contributed by atoms with Gasteiger partial charge in [-0.2, -0.15) is 0 Å². The number of carbonyl (C=O) groups excluding carboxylic acids is 1. The van der Waals surface area contributed by atoms with Crippen molar-refractivity contribution in [1.82, 2.24) is 0 Å². The Hall–Kier alpha value is -2.33. The zero-order valence-electron chi connectivity index (χ0n) is 11.5. The van der Waals surface area contributed by atoms with Crippen LogP contribution in [0.4, 0.5) is 0 Å². The minimum Gasteiger partial charge on any atom is -0.488 e. The molecule has 0 aliphatic carbocycles. The Morgan fingerprint density at radius 3 is 2.67 bits per heavy atom. The average molecular weight is 284 g/mol. The molecule has 0 saturated carbocycles. The number of esters is 1. The summed E-state index contributed by atoms with van der Waals surface area (Å²) in [5.74, 6) is 0.147. The number of hydrogen-bond acceptors (Lipinski definition) is 4. The van der Waals surface area contributed by atoms with Crippen molar-refractivity contribution in [2.24, 2.45) is 0 Å². The van der Waals surface area contributed by atoms with Gasteiger partial charge in [0.1, 0.15) is 24.0 Å². The first-order valence-electron chi connectivity index (χ1n) is 6.91. The molecule has 1 unspecified atom stereocenters. The van der Waals surface area contributed by atoms with Crippen LogP contribution in [0, 0.1) is 0 Å². The molecule has 0 saturated heterocycles. The van der Waals surface area contributed by atoms with E-state index in [-0.39, 0.29) is 18.7 Å². The van der Waals surface area contributed by atoms with Gasteiger partial charge >= 0.3 is 5.97 Å². The van der Waals surface area contributed by atoms with E-state index in [1.165, 1.54) is 0 Å². The highest BCUT2D eigenvalue weighted by atomic mass is 16.6. The van der Waals surface area contributed by atoms with Gasteiger partial charge in [-0.15, -0.1) is 0 Å². The number of aliphatic hydroxyl groups excluding tert-OH is 1. The lowest BCUT2D eigenvalue weighted by Crippen LogP contribution is -2.02. The van der Waals surface area contributed by atoms with E-state index >= 15 is 0 Å². The van der Waals surface area contributed by atoms with E-state index in [0.717, 1.165) is 11.1 Å². The second-order valence-electron chi connectivity index (χ2n) is 4.90. The predicted molar refractivity (Wildman–Crippen MR) is 77.1 cm³/mol. The van der Waals surface area contributed by atoms with Crippen LogP contribution in [0.25, 0.3) is 0 Å². The maximum absolute atomic E-state index is 12.0. The van der Waals surface area contributed by atoms with E-state index in [2.05, 4.69) is 0 Å². The quantitative estimate of drug-likeness (QED) is 0.858. The van der Waals surface area contributed by atoms with Crippen molar-refractivity contribution < 1.29 is 19.4 Å². The van der Waals surface area contributed by atoms with Gasteiger partial charge in [0.15, 0.2) is 0 Å². The summed E-state index contributed by atoms with van der Waals surface area (Å²) in [5.41, 5.74) is 2.31. The van der Waals surface area contributed by atoms with Crippen LogP contribution in [0.5, 0.6) is 5.75 Å². The minimum absolute atomic E-state index is 0.0213. The summed E-state index contributed by atoms with van der Waals surface area (Å²) in [6.45, 7) is 0.377. The molecule has 0 radical (unpaired) electrons. The van der Waals surface area contributed by atoms with Crippen LogP contribution >= 0.6 is 0 Å². The highest BCUT2D eigenvalue weighted by Gasteiger charge is 2.33. The molecule has 21 heavy (non-hydrogen) atoms. The Labute approximate surface area is 122 Å². The predicted octanol–water partition coefficient (Wildman–Crippen LogP) is 2.86. The molecule has 1 aliphatic rings. The molecule has 1 atom stereocenters. The Bertz CT molecular complexity index is 636. The number of fused-ring (bicyclic) bond motifs is 1. The van der Waals surface area contributed by atoms with Crippen molar-refractivity contribution in [2.45, 2.75) is 19.1 Å². The van der Waals surface area contributed by atoms with Gasteiger partial charge in [-0.1, -0.05) is 42.5 Å². The number of ether oxygens (including phenoxy) is 2. The van der Waals surface area contributed by atoms with E-state index in [1.54, 1.807) is 6.07 Å². The molecule has 0 aromatic heterocycles. The minimum atomic E-state index is -0.382.